The first-order valence-corrected chi connectivity index (χ1v) is 5.64. The predicted molar refractivity (Wildman–Crippen MR) is 65.9 cm³/mol. The van der Waals surface area contributed by atoms with Gasteiger partial charge in [-0.25, -0.2) is 0 Å². The van der Waals surface area contributed by atoms with Crippen molar-refractivity contribution in [3.05, 3.63) is 6.07 Å². The third kappa shape index (κ3) is 2.18. The fourth-order valence-electron chi connectivity index (χ4n) is 2.33. The van der Waals surface area contributed by atoms with E-state index >= 15 is 0 Å². The Kier molecular flexibility index (Phi) is 2.61. The molecule has 5 N–H and O–H groups in total. The van der Waals surface area contributed by atoms with Gasteiger partial charge in [0.2, 0.25) is 5.95 Å². The van der Waals surface area contributed by atoms with Gasteiger partial charge < -0.3 is 16.8 Å². The van der Waals surface area contributed by atoms with Gasteiger partial charge in [-0.05, 0) is 18.3 Å². The van der Waals surface area contributed by atoms with Crippen molar-refractivity contribution in [2.24, 2.45) is 5.41 Å². The molecule has 1 saturated carbocycles. The van der Waals surface area contributed by atoms with Crippen molar-refractivity contribution in [1.29, 1.82) is 0 Å². The molecule has 1 aliphatic carbocycles. The number of hydrogen-bond acceptors (Lipinski definition) is 5. The van der Waals surface area contributed by atoms with Crippen LogP contribution in [0.3, 0.4) is 0 Å². The third-order valence-corrected chi connectivity index (χ3v) is 3.34. The molecular weight excluding hydrogens is 202 g/mol. The molecule has 0 bridgehead atoms. The molecule has 1 aliphatic rings. The summed E-state index contributed by atoms with van der Waals surface area (Å²) in [6, 6.07) is 2.16. The first-order chi connectivity index (χ1) is 7.47. The van der Waals surface area contributed by atoms with Crippen molar-refractivity contribution in [1.82, 2.24) is 9.97 Å². The van der Waals surface area contributed by atoms with Gasteiger partial charge in [0.1, 0.15) is 11.6 Å². The van der Waals surface area contributed by atoms with E-state index in [-0.39, 0.29) is 5.95 Å². The molecule has 1 heterocycles. The minimum atomic E-state index is 0.221. The van der Waals surface area contributed by atoms with Crippen LogP contribution in [0.5, 0.6) is 0 Å². The molecule has 5 heteroatoms. The maximum absolute atomic E-state index is 5.63. The Bertz CT molecular complexity index is 368. The lowest BCUT2D eigenvalue weighted by Crippen LogP contribution is -2.31. The zero-order valence-electron chi connectivity index (χ0n) is 9.83. The Morgan fingerprint density at radius 2 is 2.12 bits per heavy atom. The lowest BCUT2D eigenvalue weighted by molar-refractivity contribution is 0.349. The SMILES string of the molecule is CC1(C)CCCC1Nc1cc(N)nc(N)n1. The van der Waals surface area contributed by atoms with Crippen LogP contribution < -0.4 is 16.8 Å². The van der Waals surface area contributed by atoms with E-state index in [0.717, 1.165) is 12.2 Å². The minimum absolute atomic E-state index is 0.221. The van der Waals surface area contributed by atoms with Crippen molar-refractivity contribution < 1.29 is 0 Å². The summed E-state index contributed by atoms with van der Waals surface area (Å²) in [5.74, 6) is 1.36. The fraction of sp³-hybridized carbons (Fsp3) is 0.636. The molecule has 0 spiro atoms. The molecule has 1 aromatic heterocycles. The second-order valence-corrected chi connectivity index (χ2v) is 5.11. The van der Waals surface area contributed by atoms with Crippen LogP contribution in [-0.4, -0.2) is 16.0 Å². The number of aromatic nitrogens is 2. The van der Waals surface area contributed by atoms with Crippen LogP contribution in [0.2, 0.25) is 0 Å². The van der Waals surface area contributed by atoms with Crippen molar-refractivity contribution in [3.8, 4) is 0 Å². The van der Waals surface area contributed by atoms with E-state index in [9.17, 15) is 0 Å². The number of nitrogen functional groups attached to an aromatic ring is 2. The van der Waals surface area contributed by atoms with E-state index in [0.29, 0.717) is 17.3 Å². The zero-order valence-corrected chi connectivity index (χ0v) is 9.83. The van der Waals surface area contributed by atoms with Crippen molar-refractivity contribution in [2.45, 2.75) is 39.2 Å². The Labute approximate surface area is 95.6 Å². The summed E-state index contributed by atoms with van der Waals surface area (Å²) in [4.78, 5) is 7.99. The van der Waals surface area contributed by atoms with E-state index in [2.05, 4.69) is 29.1 Å². The lowest BCUT2D eigenvalue weighted by atomic mass is 9.87. The van der Waals surface area contributed by atoms with Crippen LogP contribution in [0.1, 0.15) is 33.1 Å². The van der Waals surface area contributed by atoms with Gasteiger partial charge in [-0.3, -0.25) is 0 Å². The maximum Gasteiger partial charge on any atom is 0.223 e. The Morgan fingerprint density at radius 1 is 1.38 bits per heavy atom. The second kappa shape index (κ2) is 3.81. The highest BCUT2D eigenvalue weighted by molar-refractivity contribution is 5.49. The minimum Gasteiger partial charge on any atom is -0.383 e. The summed E-state index contributed by atoms with van der Waals surface area (Å²) in [7, 11) is 0. The Morgan fingerprint density at radius 3 is 2.69 bits per heavy atom. The molecule has 1 unspecified atom stereocenters. The first kappa shape index (κ1) is 11.0. The van der Waals surface area contributed by atoms with Crippen molar-refractivity contribution >= 4 is 17.6 Å². The van der Waals surface area contributed by atoms with Gasteiger partial charge >= 0.3 is 0 Å². The normalized spacial score (nSPS) is 23.2. The van der Waals surface area contributed by atoms with Gasteiger partial charge in [-0.15, -0.1) is 0 Å². The fourth-order valence-corrected chi connectivity index (χ4v) is 2.33. The molecule has 2 rings (SSSR count). The topological polar surface area (TPSA) is 89.8 Å². The van der Waals surface area contributed by atoms with Crippen LogP contribution in [0.15, 0.2) is 6.07 Å². The average molecular weight is 221 g/mol. The second-order valence-electron chi connectivity index (χ2n) is 5.11. The van der Waals surface area contributed by atoms with Gasteiger partial charge in [0.15, 0.2) is 0 Å². The highest BCUT2D eigenvalue weighted by atomic mass is 15.1. The molecule has 88 valence electrons. The van der Waals surface area contributed by atoms with Gasteiger partial charge in [0.25, 0.3) is 0 Å². The number of nitrogens with zero attached hydrogens (tertiary/aromatic N) is 2. The molecule has 0 radical (unpaired) electrons. The Balaban J connectivity index is 2.14. The van der Waals surface area contributed by atoms with Crippen LogP contribution in [0.4, 0.5) is 17.6 Å². The van der Waals surface area contributed by atoms with Crippen LogP contribution >= 0.6 is 0 Å². The van der Waals surface area contributed by atoms with E-state index in [4.69, 9.17) is 11.5 Å². The molecule has 16 heavy (non-hydrogen) atoms. The monoisotopic (exact) mass is 221 g/mol. The smallest absolute Gasteiger partial charge is 0.223 e. The Hall–Kier alpha value is -1.52. The lowest BCUT2D eigenvalue weighted by Gasteiger charge is -2.28. The van der Waals surface area contributed by atoms with Crippen LogP contribution in [0, 0.1) is 5.41 Å². The molecule has 1 atom stereocenters. The molecule has 5 nitrogen and oxygen atoms in total. The van der Waals surface area contributed by atoms with Crippen LogP contribution in [0.25, 0.3) is 0 Å². The standard InChI is InChI=1S/C11H19N5/c1-11(2)5-3-4-7(11)14-9-6-8(12)15-10(13)16-9/h6-7H,3-5H2,1-2H3,(H5,12,13,14,15,16). The summed E-state index contributed by atoms with van der Waals surface area (Å²) in [5, 5.41) is 3.40. The highest BCUT2D eigenvalue weighted by Gasteiger charge is 2.34. The molecule has 0 aliphatic heterocycles. The summed E-state index contributed by atoms with van der Waals surface area (Å²) in [5.41, 5.74) is 11.5. The average Bonchev–Trinajstić information content (AvgIpc) is 2.44. The van der Waals surface area contributed by atoms with Gasteiger partial charge in [-0.2, -0.15) is 9.97 Å². The largest absolute Gasteiger partial charge is 0.383 e. The molecule has 0 saturated heterocycles. The summed E-state index contributed by atoms with van der Waals surface area (Å²) < 4.78 is 0. The summed E-state index contributed by atoms with van der Waals surface area (Å²) in [6.45, 7) is 4.54. The van der Waals surface area contributed by atoms with Crippen LogP contribution in [-0.2, 0) is 0 Å². The third-order valence-electron chi connectivity index (χ3n) is 3.34. The predicted octanol–water partition coefficient (Wildman–Crippen LogP) is 1.63. The quantitative estimate of drug-likeness (QED) is 0.706. The van der Waals surface area contributed by atoms with E-state index < -0.39 is 0 Å². The molecular formula is C11H19N5. The number of nitrogens with one attached hydrogen (secondary N) is 1. The van der Waals surface area contributed by atoms with E-state index in [1.54, 1.807) is 6.07 Å². The van der Waals surface area contributed by atoms with Crippen molar-refractivity contribution in [2.75, 3.05) is 16.8 Å². The molecule has 1 aromatic rings. The molecule has 1 fully saturated rings. The zero-order chi connectivity index (χ0) is 11.8. The first-order valence-electron chi connectivity index (χ1n) is 5.64. The number of rotatable bonds is 2. The van der Waals surface area contributed by atoms with E-state index in [1.165, 1.54) is 12.8 Å². The number of anilines is 3. The van der Waals surface area contributed by atoms with E-state index in [1.807, 2.05) is 0 Å². The number of hydrogen-bond donors (Lipinski definition) is 3. The van der Waals surface area contributed by atoms with Gasteiger partial charge in [0.05, 0.1) is 0 Å². The van der Waals surface area contributed by atoms with Crippen molar-refractivity contribution in [3.63, 3.8) is 0 Å². The molecule has 0 amide bonds. The van der Waals surface area contributed by atoms with Gasteiger partial charge in [-0.1, -0.05) is 20.3 Å². The maximum atomic E-state index is 5.63. The summed E-state index contributed by atoms with van der Waals surface area (Å²) in [6.07, 6.45) is 3.65. The molecule has 0 aromatic carbocycles. The summed E-state index contributed by atoms with van der Waals surface area (Å²) >= 11 is 0. The van der Waals surface area contributed by atoms with Gasteiger partial charge in [0, 0.05) is 12.1 Å². The number of nitrogens with two attached hydrogens (primary N) is 2. The highest BCUT2D eigenvalue weighted by Crippen LogP contribution is 2.38.